The van der Waals surface area contributed by atoms with E-state index in [9.17, 15) is 0 Å². The van der Waals surface area contributed by atoms with Crippen LogP contribution in [-0.4, -0.2) is 50.0 Å². The summed E-state index contributed by atoms with van der Waals surface area (Å²) in [5.74, 6) is 1.83. The average Bonchev–Trinajstić information content (AvgIpc) is 2.95. The molecule has 0 spiro atoms. The smallest absolute Gasteiger partial charge is 0.493 e. The first-order chi connectivity index (χ1) is 18.5. The molecule has 0 N–H and O–H groups in total. The fraction of sp³-hybridized carbons (Fsp3) is 0.290. The van der Waals surface area contributed by atoms with Crippen molar-refractivity contribution in [1.82, 2.24) is 0 Å². The Balaban J connectivity index is 1.71. The second kappa shape index (κ2) is 14.5. The Morgan fingerprint density at radius 3 is 1.24 bits per heavy atom. The van der Waals surface area contributed by atoms with Gasteiger partial charge in [-0.15, -0.1) is 0 Å². The van der Waals surface area contributed by atoms with Crippen LogP contribution < -0.4 is 19.4 Å². The Morgan fingerprint density at radius 2 is 0.895 bits per heavy atom. The van der Waals surface area contributed by atoms with E-state index >= 15 is 0 Å². The minimum absolute atomic E-state index is 0.543. The molecule has 0 heterocycles. The number of benzene rings is 3. The van der Waals surface area contributed by atoms with Crippen molar-refractivity contribution >= 4 is 38.3 Å². The summed E-state index contributed by atoms with van der Waals surface area (Å²) >= 11 is 0. The molecular weight excluding hydrogens is 496 g/mol. The highest BCUT2D eigenvalue weighted by molar-refractivity contribution is 6.75. The van der Waals surface area contributed by atoms with E-state index in [-0.39, 0.29) is 0 Å². The molecule has 0 aromatic heterocycles. The van der Waals surface area contributed by atoms with E-state index < -0.39 is 8.80 Å². The van der Waals surface area contributed by atoms with Crippen LogP contribution in [-0.2, 0) is 13.3 Å². The van der Waals surface area contributed by atoms with Gasteiger partial charge in [-0.2, -0.15) is 0 Å². The third-order valence-corrected chi connectivity index (χ3v) is 8.87. The first kappa shape index (κ1) is 29.2. The van der Waals surface area contributed by atoms with Gasteiger partial charge in [0.05, 0.1) is 21.3 Å². The molecule has 202 valence electrons. The predicted molar refractivity (Wildman–Crippen MR) is 157 cm³/mol. The van der Waals surface area contributed by atoms with E-state index in [0.717, 1.165) is 27.4 Å². The van der Waals surface area contributed by atoms with Crippen molar-refractivity contribution < 1.29 is 27.5 Å². The molecule has 0 aliphatic carbocycles. The molecule has 0 radical (unpaired) electrons. The fourth-order valence-corrected chi connectivity index (χ4v) is 6.51. The summed E-state index contributed by atoms with van der Waals surface area (Å²) in [5.41, 5.74) is 4.24. The summed E-state index contributed by atoms with van der Waals surface area (Å²) in [5, 5.41) is 0.975. The van der Waals surface area contributed by atoms with Gasteiger partial charge in [0.2, 0.25) is 5.75 Å². The van der Waals surface area contributed by atoms with Crippen LogP contribution in [0.4, 0.5) is 0 Å². The lowest BCUT2D eigenvalue weighted by molar-refractivity contribution is 0.0859. The number of methoxy groups -OCH3 is 3. The summed E-state index contributed by atoms with van der Waals surface area (Å²) in [6, 6.07) is 20.4. The summed E-state index contributed by atoms with van der Waals surface area (Å²) in [4.78, 5) is 0. The molecule has 0 fully saturated rings. The van der Waals surface area contributed by atoms with Crippen LogP contribution >= 0.6 is 0 Å². The number of hydrogen-bond acceptors (Lipinski definition) is 6. The molecule has 0 atom stereocenters. The van der Waals surface area contributed by atoms with E-state index in [1.807, 2.05) is 51.1 Å². The lowest BCUT2D eigenvalue weighted by Gasteiger charge is -2.28. The molecule has 3 aromatic rings. The third kappa shape index (κ3) is 7.36. The van der Waals surface area contributed by atoms with Crippen molar-refractivity contribution in [1.29, 1.82) is 0 Å². The maximum atomic E-state index is 6.01. The molecule has 0 saturated heterocycles. The van der Waals surface area contributed by atoms with Crippen molar-refractivity contribution in [3.8, 4) is 17.2 Å². The molecule has 0 aliphatic heterocycles. The third-order valence-electron chi connectivity index (χ3n) is 5.83. The molecule has 0 amide bonds. The minimum atomic E-state index is -2.89. The largest absolute Gasteiger partial charge is 0.537 e. The van der Waals surface area contributed by atoms with Gasteiger partial charge < -0.3 is 27.5 Å². The molecule has 6 nitrogen and oxygen atoms in total. The van der Waals surface area contributed by atoms with Gasteiger partial charge in [-0.1, -0.05) is 72.8 Å². The van der Waals surface area contributed by atoms with Gasteiger partial charge >= 0.3 is 8.80 Å². The molecule has 3 aromatic carbocycles. The molecule has 0 aliphatic rings. The van der Waals surface area contributed by atoms with Gasteiger partial charge in [-0.05, 0) is 55.2 Å². The van der Waals surface area contributed by atoms with Gasteiger partial charge in [-0.25, -0.2) is 0 Å². The van der Waals surface area contributed by atoms with Crippen molar-refractivity contribution in [3.05, 3.63) is 82.9 Å². The maximum Gasteiger partial charge on any atom is 0.537 e. The summed E-state index contributed by atoms with van der Waals surface area (Å²) < 4.78 is 34.3. The standard InChI is InChI=1S/C31H38O6Si/c1-7-35-38(36-8-2,37-9-3)28-20-18-26(19-21-28)15-14-24-10-12-25(13-11-24)16-17-27-22-29(32-4)31(34-6)30(23-27)33-5/h10-23H,7-9H2,1-6H3/b15-14+,17-16+. The highest BCUT2D eigenvalue weighted by Crippen LogP contribution is 2.38. The summed E-state index contributed by atoms with van der Waals surface area (Å²) in [7, 11) is 1.94. The average molecular weight is 535 g/mol. The van der Waals surface area contributed by atoms with Gasteiger partial charge in [-0.3, -0.25) is 0 Å². The highest BCUT2D eigenvalue weighted by Gasteiger charge is 2.43. The highest BCUT2D eigenvalue weighted by atomic mass is 28.4. The van der Waals surface area contributed by atoms with E-state index in [1.165, 1.54) is 0 Å². The Bertz CT molecular complexity index is 1160. The van der Waals surface area contributed by atoms with Crippen molar-refractivity contribution in [3.63, 3.8) is 0 Å². The first-order valence-electron chi connectivity index (χ1n) is 12.8. The van der Waals surface area contributed by atoms with Crippen molar-refractivity contribution in [2.45, 2.75) is 20.8 Å². The fourth-order valence-electron chi connectivity index (χ4n) is 4.04. The van der Waals surface area contributed by atoms with Gasteiger partial charge in [0.15, 0.2) is 11.5 Å². The lowest BCUT2D eigenvalue weighted by Crippen LogP contribution is -2.56. The monoisotopic (exact) mass is 534 g/mol. The van der Waals surface area contributed by atoms with E-state index in [2.05, 4.69) is 54.6 Å². The Labute approximate surface area is 227 Å². The van der Waals surface area contributed by atoms with Crippen LogP contribution in [0.3, 0.4) is 0 Å². The quantitative estimate of drug-likeness (QED) is 0.179. The zero-order valence-corrected chi connectivity index (χ0v) is 24.2. The molecule has 0 saturated carbocycles. The van der Waals surface area contributed by atoms with E-state index in [1.54, 1.807) is 21.3 Å². The topological polar surface area (TPSA) is 55.4 Å². The Hall–Kier alpha value is -3.36. The van der Waals surface area contributed by atoms with Crippen LogP contribution in [0.1, 0.15) is 43.0 Å². The molecular formula is C31H38O6Si. The van der Waals surface area contributed by atoms with Crippen LogP contribution in [0.15, 0.2) is 60.7 Å². The second-order valence-electron chi connectivity index (χ2n) is 8.27. The van der Waals surface area contributed by atoms with Crippen LogP contribution in [0.2, 0.25) is 0 Å². The second-order valence-corrected chi connectivity index (χ2v) is 10.8. The SMILES string of the molecule is CCO[Si](OCC)(OCC)c1ccc(/C=C/c2ccc(/C=C/c3cc(OC)c(OC)c(OC)c3)cc2)cc1. The molecule has 0 bridgehead atoms. The predicted octanol–water partition coefficient (Wildman–Crippen LogP) is 6.31. The summed E-state index contributed by atoms with van der Waals surface area (Å²) in [6.45, 7) is 7.52. The number of hydrogen-bond donors (Lipinski definition) is 0. The molecule has 38 heavy (non-hydrogen) atoms. The normalized spacial score (nSPS) is 11.8. The Kier molecular flexibility index (Phi) is 11.2. The molecule has 0 unspecified atom stereocenters. The molecule has 7 heteroatoms. The van der Waals surface area contributed by atoms with Crippen LogP contribution in [0.25, 0.3) is 24.3 Å². The van der Waals surface area contributed by atoms with Crippen molar-refractivity contribution in [2.24, 2.45) is 0 Å². The van der Waals surface area contributed by atoms with Crippen LogP contribution in [0, 0.1) is 0 Å². The van der Waals surface area contributed by atoms with Gasteiger partial charge in [0.1, 0.15) is 0 Å². The van der Waals surface area contributed by atoms with E-state index in [4.69, 9.17) is 27.5 Å². The number of rotatable bonds is 14. The van der Waals surface area contributed by atoms with Gasteiger partial charge in [0, 0.05) is 25.0 Å². The number of ether oxygens (including phenoxy) is 3. The lowest BCUT2D eigenvalue weighted by atomic mass is 10.1. The maximum absolute atomic E-state index is 6.01. The summed E-state index contributed by atoms with van der Waals surface area (Å²) in [6.07, 6.45) is 8.26. The zero-order valence-electron chi connectivity index (χ0n) is 23.2. The Morgan fingerprint density at radius 1 is 0.526 bits per heavy atom. The minimum Gasteiger partial charge on any atom is -0.493 e. The van der Waals surface area contributed by atoms with Gasteiger partial charge in [0.25, 0.3) is 0 Å². The van der Waals surface area contributed by atoms with Crippen LogP contribution in [0.5, 0.6) is 17.2 Å². The van der Waals surface area contributed by atoms with E-state index in [0.29, 0.717) is 37.1 Å². The van der Waals surface area contributed by atoms with Crippen molar-refractivity contribution in [2.75, 3.05) is 41.2 Å². The first-order valence-corrected chi connectivity index (χ1v) is 14.5. The zero-order chi connectivity index (χ0) is 27.4. The molecule has 3 rings (SSSR count).